The zero-order chi connectivity index (χ0) is 28.7. The van der Waals surface area contributed by atoms with E-state index in [0.717, 1.165) is 0 Å². The SMILES string of the molecule is O=C(CCC(F)(F)C(F)(F)C(F)(F)C(F)(F)C(F)(F)C(F)(F)C(F)(F)C(F)(F)F)NCC(O)CO. The third-order valence-corrected chi connectivity index (χ3v) is 4.20. The summed E-state index contributed by atoms with van der Waals surface area (Å²) in [6.07, 6.45) is -14.5. The molecule has 21 heteroatoms. The number of carbonyl (C=O) groups is 1. The predicted octanol–water partition coefficient (Wildman–Crippen LogP) is 4.25. The minimum absolute atomic E-state index is 0.958. The lowest BCUT2D eigenvalue weighted by molar-refractivity contribution is -0.461. The van der Waals surface area contributed by atoms with Crippen molar-refractivity contribution in [1.82, 2.24) is 5.32 Å². The third-order valence-electron chi connectivity index (χ3n) is 4.20. The van der Waals surface area contributed by atoms with Crippen LogP contribution in [-0.2, 0) is 4.79 Å². The van der Waals surface area contributed by atoms with Crippen molar-refractivity contribution in [3.8, 4) is 0 Å². The summed E-state index contributed by atoms with van der Waals surface area (Å²) in [7, 11) is 0. The molecule has 0 rings (SSSR count). The molecule has 0 heterocycles. The van der Waals surface area contributed by atoms with E-state index >= 15 is 0 Å². The average molecular weight is 565 g/mol. The quantitative estimate of drug-likeness (QED) is 0.311. The summed E-state index contributed by atoms with van der Waals surface area (Å²) in [5.41, 5.74) is 0. The molecular weight excluding hydrogens is 553 g/mol. The molecule has 1 amide bonds. The van der Waals surface area contributed by atoms with E-state index in [2.05, 4.69) is 0 Å². The Morgan fingerprint density at radius 1 is 0.629 bits per heavy atom. The van der Waals surface area contributed by atoms with Crippen molar-refractivity contribution in [3.63, 3.8) is 0 Å². The summed E-state index contributed by atoms with van der Waals surface area (Å²) in [5, 5.41) is 18.7. The number of amides is 1. The van der Waals surface area contributed by atoms with Crippen LogP contribution in [-0.4, -0.2) is 83.0 Å². The summed E-state index contributed by atoms with van der Waals surface area (Å²) in [6.45, 7) is -2.01. The molecule has 1 unspecified atom stereocenters. The Labute approximate surface area is 182 Å². The molecule has 0 fully saturated rings. The molecule has 0 aromatic rings. The van der Waals surface area contributed by atoms with Crippen LogP contribution in [0.2, 0.25) is 0 Å². The van der Waals surface area contributed by atoms with Crippen molar-refractivity contribution < 1.29 is 89.6 Å². The first-order chi connectivity index (χ1) is 15.1. The molecule has 0 aromatic carbocycles. The van der Waals surface area contributed by atoms with Crippen molar-refractivity contribution in [2.45, 2.75) is 66.6 Å². The molecule has 4 nitrogen and oxygen atoms in total. The fraction of sp³-hybridized carbons (Fsp3) is 0.929. The van der Waals surface area contributed by atoms with Gasteiger partial charge in [-0.1, -0.05) is 0 Å². The van der Waals surface area contributed by atoms with Gasteiger partial charge in [-0.25, -0.2) is 0 Å². The lowest BCUT2D eigenvalue weighted by atomic mass is 9.88. The summed E-state index contributed by atoms with van der Waals surface area (Å²) in [6, 6.07) is 0. The van der Waals surface area contributed by atoms with Crippen molar-refractivity contribution in [2.75, 3.05) is 13.2 Å². The molecule has 0 saturated heterocycles. The van der Waals surface area contributed by atoms with E-state index in [-0.39, 0.29) is 0 Å². The topological polar surface area (TPSA) is 69.6 Å². The normalized spacial score (nSPS) is 16.3. The minimum Gasteiger partial charge on any atom is -0.394 e. The fourth-order valence-corrected chi connectivity index (χ4v) is 2.01. The van der Waals surface area contributed by atoms with Crippen LogP contribution in [0.4, 0.5) is 74.6 Å². The first-order valence-electron chi connectivity index (χ1n) is 8.37. The van der Waals surface area contributed by atoms with Crippen molar-refractivity contribution >= 4 is 5.91 Å². The summed E-state index contributed by atoms with van der Waals surface area (Å²) in [4.78, 5) is 11.2. The highest BCUT2D eigenvalue weighted by Gasteiger charge is 2.95. The van der Waals surface area contributed by atoms with Gasteiger partial charge in [0.1, 0.15) is 0 Å². The molecule has 1 atom stereocenters. The third kappa shape index (κ3) is 5.33. The molecule has 0 aromatic heterocycles. The lowest BCUT2D eigenvalue weighted by Gasteiger charge is -2.42. The Morgan fingerprint density at radius 2 is 0.971 bits per heavy atom. The van der Waals surface area contributed by atoms with E-state index in [1.807, 2.05) is 0 Å². The number of hydrogen-bond acceptors (Lipinski definition) is 3. The maximum absolute atomic E-state index is 13.6. The van der Waals surface area contributed by atoms with Crippen LogP contribution in [0.3, 0.4) is 0 Å². The first kappa shape index (κ1) is 33.2. The second kappa shape index (κ2) is 9.58. The molecule has 0 spiro atoms. The van der Waals surface area contributed by atoms with E-state index in [0.29, 0.717) is 0 Å². The Balaban J connectivity index is 6.19. The highest BCUT2D eigenvalue weighted by Crippen LogP contribution is 2.64. The number of rotatable bonds is 12. The van der Waals surface area contributed by atoms with Crippen molar-refractivity contribution in [1.29, 1.82) is 0 Å². The first-order valence-corrected chi connectivity index (χ1v) is 8.37. The van der Waals surface area contributed by atoms with Gasteiger partial charge in [-0.3, -0.25) is 4.79 Å². The van der Waals surface area contributed by atoms with Crippen LogP contribution >= 0.6 is 0 Å². The van der Waals surface area contributed by atoms with Gasteiger partial charge in [0.15, 0.2) is 0 Å². The highest BCUT2D eigenvalue weighted by molar-refractivity contribution is 5.75. The molecule has 3 N–H and O–H groups in total. The van der Waals surface area contributed by atoms with Gasteiger partial charge in [0.05, 0.1) is 12.7 Å². The predicted molar refractivity (Wildman–Crippen MR) is 76.0 cm³/mol. The van der Waals surface area contributed by atoms with Crippen molar-refractivity contribution in [3.05, 3.63) is 0 Å². The molecule has 210 valence electrons. The van der Waals surface area contributed by atoms with Gasteiger partial charge in [0, 0.05) is 19.4 Å². The Bertz CT molecular complexity index is 749. The zero-order valence-electron chi connectivity index (χ0n) is 16.1. The van der Waals surface area contributed by atoms with Gasteiger partial charge < -0.3 is 15.5 Å². The van der Waals surface area contributed by atoms with Crippen LogP contribution < -0.4 is 5.32 Å². The van der Waals surface area contributed by atoms with E-state index in [1.54, 1.807) is 0 Å². The molecule has 0 aliphatic rings. The van der Waals surface area contributed by atoms with Crippen LogP contribution in [0.5, 0.6) is 0 Å². The van der Waals surface area contributed by atoms with E-state index in [1.165, 1.54) is 5.32 Å². The van der Waals surface area contributed by atoms with Gasteiger partial charge >= 0.3 is 47.6 Å². The van der Waals surface area contributed by atoms with Crippen molar-refractivity contribution in [2.24, 2.45) is 0 Å². The maximum atomic E-state index is 13.6. The monoisotopic (exact) mass is 565 g/mol. The van der Waals surface area contributed by atoms with Gasteiger partial charge in [-0.05, 0) is 0 Å². The largest absolute Gasteiger partial charge is 0.460 e. The van der Waals surface area contributed by atoms with E-state index in [9.17, 15) is 79.4 Å². The molecule has 0 aliphatic carbocycles. The van der Waals surface area contributed by atoms with Gasteiger partial charge in [0.2, 0.25) is 5.91 Å². The molecule has 0 radical (unpaired) electrons. The van der Waals surface area contributed by atoms with E-state index in [4.69, 9.17) is 10.2 Å². The number of carbonyl (C=O) groups excluding carboxylic acids is 1. The summed E-state index contributed by atoms with van der Waals surface area (Å²) < 4.78 is 222. The Hall–Kier alpha value is -1.80. The second-order valence-electron chi connectivity index (χ2n) is 6.79. The maximum Gasteiger partial charge on any atom is 0.460 e. The molecule has 0 saturated carbocycles. The van der Waals surface area contributed by atoms with Crippen LogP contribution in [0.1, 0.15) is 12.8 Å². The minimum atomic E-state index is -8.71. The van der Waals surface area contributed by atoms with Crippen LogP contribution in [0.15, 0.2) is 0 Å². The smallest absolute Gasteiger partial charge is 0.394 e. The molecular formula is C14H12F17NO3. The average Bonchev–Trinajstić information content (AvgIpc) is 2.68. The standard InChI is InChI=1S/C14H12F17NO3/c15-7(16,2-1-6(35)32-3-5(34)4-33)8(17,18)9(19,20)10(21,22)11(23,24)12(25,26)13(27,28)14(29,30)31/h5,33-34H,1-4H2,(H,32,35). The fourth-order valence-electron chi connectivity index (χ4n) is 2.01. The Morgan fingerprint density at radius 3 is 1.31 bits per heavy atom. The van der Waals surface area contributed by atoms with Gasteiger partial charge in [-0.15, -0.1) is 0 Å². The van der Waals surface area contributed by atoms with Crippen LogP contribution in [0.25, 0.3) is 0 Å². The lowest BCUT2D eigenvalue weighted by Crippen LogP contribution is -2.74. The number of halogens is 17. The number of aliphatic hydroxyl groups excluding tert-OH is 2. The number of aliphatic hydroxyl groups is 2. The van der Waals surface area contributed by atoms with Gasteiger partial charge in [-0.2, -0.15) is 74.6 Å². The van der Waals surface area contributed by atoms with Gasteiger partial charge in [0.25, 0.3) is 0 Å². The molecule has 35 heavy (non-hydrogen) atoms. The summed E-state index contributed by atoms with van der Waals surface area (Å²) >= 11 is 0. The van der Waals surface area contributed by atoms with E-state index < -0.39 is 85.6 Å². The summed E-state index contributed by atoms with van der Waals surface area (Å²) in [5.74, 6) is -58.9. The molecule has 0 aliphatic heterocycles. The number of hydrogen-bond donors (Lipinski definition) is 3. The second-order valence-corrected chi connectivity index (χ2v) is 6.79. The number of alkyl halides is 17. The highest BCUT2D eigenvalue weighted by atomic mass is 19.4. The zero-order valence-corrected chi connectivity index (χ0v) is 16.1. The Kier molecular flexibility index (Phi) is 9.09. The number of nitrogens with one attached hydrogen (secondary N) is 1. The van der Waals surface area contributed by atoms with Crippen LogP contribution in [0, 0.1) is 0 Å². The molecule has 0 bridgehead atoms.